The van der Waals surface area contributed by atoms with Crippen molar-refractivity contribution in [1.29, 1.82) is 0 Å². The van der Waals surface area contributed by atoms with Crippen molar-refractivity contribution in [2.75, 3.05) is 6.54 Å². The first-order valence-corrected chi connectivity index (χ1v) is 6.56. The molecule has 0 saturated heterocycles. The van der Waals surface area contributed by atoms with Crippen LogP contribution in [0.25, 0.3) is 0 Å². The van der Waals surface area contributed by atoms with Gasteiger partial charge in [-0.05, 0) is 17.8 Å². The molecular weight excluding hydrogens is 248 g/mol. The Balaban J connectivity index is 2.43. The van der Waals surface area contributed by atoms with E-state index in [1.807, 2.05) is 0 Å². The van der Waals surface area contributed by atoms with Crippen molar-refractivity contribution in [2.45, 2.75) is 40.2 Å². The van der Waals surface area contributed by atoms with Crippen LogP contribution in [0.1, 0.15) is 34.1 Å². The van der Waals surface area contributed by atoms with Gasteiger partial charge in [0.2, 0.25) is 6.10 Å². The van der Waals surface area contributed by atoms with Gasteiger partial charge in [-0.25, -0.2) is 4.79 Å². The van der Waals surface area contributed by atoms with Crippen molar-refractivity contribution in [1.82, 2.24) is 5.32 Å². The number of amides is 1. The van der Waals surface area contributed by atoms with Gasteiger partial charge in [0.25, 0.3) is 5.91 Å². The predicted octanol–water partition coefficient (Wildman–Crippen LogP) is 1.26. The predicted molar refractivity (Wildman–Crippen MR) is 70.7 cm³/mol. The van der Waals surface area contributed by atoms with Crippen molar-refractivity contribution >= 4 is 17.6 Å². The molecule has 6 nitrogen and oxygen atoms in total. The number of oxime groups is 1. The molecule has 1 aliphatic rings. The first-order valence-electron chi connectivity index (χ1n) is 6.56. The number of carboxylic acids is 1. The molecule has 0 fully saturated rings. The zero-order valence-electron chi connectivity index (χ0n) is 11.8. The van der Waals surface area contributed by atoms with Crippen LogP contribution < -0.4 is 5.32 Å². The van der Waals surface area contributed by atoms with Gasteiger partial charge in [0.05, 0.1) is 0 Å². The lowest BCUT2D eigenvalue weighted by Crippen LogP contribution is -2.40. The van der Waals surface area contributed by atoms with E-state index < -0.39 is 12.1 Å². The normalized spacial score (nSPS) is 18.7. The third-order valence-electron chi connectivity index (χ3n) is 3.43. The number of nitrogens with one attached hydrogen (secondary N) is 1. The molecule has 1 heterocycles. The zero-order valence-corrected chi connectivity index (χ0v) is 11.8. The van der Waals surface area contributed by atoms with Crippen LogP contribution in [0.15, 0.2) is 5.16 Å². The topological polar surface area (TPSA) is 88.0 Å². The minimum atomic E-state index is -1.14. The van der Waals surface area contributed by atoms with Gasteiger partial charge in [-0.3, -0.25) is 4.79 Å². The van der Waals surface area contributed by atoms with Crippen molar-refractivity contribution in [3.63, 3.8) is 0 Å². The molecule has 6 heteroatoms. The number of hydrogen-bond acceptors (Lipinski definition) is 4. The monoisotopic (exact) mass is 270 g/mol. The Morgan fingerprint density at radius 1 is 1.37 bits per heavy atom. The highest BCUT2D eigenvalue weighted by atomic mass is 16.6. The van der Waals surface area contributed by atoms with Gasteiger partial charge in [0.1, 0.15) is 0 Å². The maximum atomic E-state index is 11.9. The number of hydrogen-bond donors (Lipinski definition) is 2. The maximum absolute atomic E-state index is 11.9. The largest absolute Gasteiger partial charge is 0.477 e. The molecule has 1 unspecified atom stereocenters. The molecule has 1 aliphatic heterocycles. The van der Waals surface area contributed by atoms with Crippen LogP contribution in [0.3, 0.4) is 0 Å². The Morgan fingerprint density at radius 3 is 2.37 bits per heavy atom. The molecule has 0 radical (unpaired) electrons. The lowest BCUT2D eigenvalue weighted by molar-refractivity contribution is -0.131. The van der Waals surface area contributed by atoms with E-state index in [0.717, 1.165) is 0 Å². The summed E-state index contributed by atoms with van der Waals surface area (Å²) in [6.07, 6.45) is -0.791. The number of carboxylic acid groups (broad SMARTS) is 1. The fraction of sp³-hybridized carbons (Fsp3) is 0.769. The SMILES string of the molecule is CC(C)C(CNC(=O)C1CC(C(=O)O)=NO1)C(C)C. The summed E-state index contributed by atoms with van der Waals surface area (Å²) in [5.41, 5.74) is -0.107. The Kier molecular flexibility index (Phi) is 5.32. The fourth-order valence-electron chi connectivity index (χ4n) is 2.22. The summed E-state index contributed by atoms with van der Waals surface area (Å²) in [6.45, 7) is 9.04. The number of aliphatic carboxylic acids is 1. The van der Waals surface area contributed by atoms with Gasteiger partial charge in [-0.2, -0.15) is 0 Å². The van der Waals surface area contributed by atoms with E-state index in [0.29, 0.717) is 24.3 Å². The van der Waals surface area contributed by atoms with Gasteiger partial charge in [-0.15, -0.1) is 0 Å². The summed E-state index contributed by atoms with van der Waals surface area (Å²) in [7, 11) is 0. The van der Waals surface area contributed by atoms with Crippen molar-refractivity contribution in [3.05, 3.63) is 0 Å². The van der Waals surface area contributed by atoms with Crippen LogP contribution in [0.2, 0.25) is 0 Å². The number of rotatable bonds is 6. The van der Waals surface area contributed by atoms with E-state index in [9.17, 15) is 9.59 Å². The summed E-state index contributed by atoms with van der Waals surface area (Å²) >= 11 is 0. The maximum Gasteiger partial charge on any atom is 0.353 e. The standard InChI is InChI=1S/C13H22N2O4/c1-7(2)9(8(3)4)6-14-12(16)11-5-10(13(17)18)15-19-11/h7-9,11H,5-6H2,1-4H3,(H,14,16)(H,17,18). The van der Waals surface area contributed by atoms with Crippen LogP contribution in [-0.4, -0.2) is 35.3 Å². The summed E-state index contributed by atoms with van der Waals surface area (Å²) in [5.74, 6) is -0.125. The second kappa shape index (κ2) is 6.54. The second-order valence-electron chi connectivity index (χ2n) is 5.54. The Hall–Kier alpha value is -1.59. The van der Waals surface area contributed by atoms with Gasteiger partial charge in [0, 0.05) is 13.0 Å². The van der Waals surface area contributed by atoms with Crippen LogP contribution in [-0.2, 0) is 14.4 Å². The van der Waals surface area contributed by atoms with Crippen LogP contribution >= 0.6 is 0 Å². The van der Waals surface area contributed by atoms with Crippen LogP contribution in [0.4, 0.5) is 0 Å². The highest BCUT2D eigenvalue weighted by molar-refractivity contribution is 6.36. The summed E-state index contributed by atoms with van der Waals surface area (Å²) in [5, 5.41) is 14.9. The fourth-order valence-corrected chi connectivity index (χ4v) is 2.22. The number of carbonyl (C=O) groups excluding carboxylic acids is 1. The minimum Gasteiger partial charge on any atom is -0.477 e. The smallest absolute Gasteiger partial charge is 0.353 e. The average molecular weight is 270 g/mol. The Labute approximate surface area is 113 Å². The molecule has 0 aromatic rings. The summed E-state index contributed by atoms with van der Waals surface area (Å²) in [4.78, 5) is 27.4. The van der Waals surface area contributed by atoms with Gasteiger partial charge in [-0.1, -0.05) is 32.9 Å². The molecule has 1 rings (SSSR count). The van der Waals surface area contributed by atoms with E-state index in [2.05, 4.69) is 38.2 Å². The second-order valence-corrected chi connectivity index (χ2v) is 5.54. The first-order chi connectivity index (χ1) is 8.82. The lowest BCUT2D eigenvalue weighted by Gasteiger charge is -2.25. The summed E-state index contributed by atoms with van der Waals surface area (Å²) < 4.78 is 0. The van der Waals surface area contributed by atoms with Crippen LogP contribution in [0.5, 0.6) is 0 Å². The molecule has 0 aliphatic carbocycles. The van der Waals surface area contributed by atoms with E-state index in [4.69, 9.17) is 9.94 Å². The average Bonchev–Trinajstić information content (AvgIpc) is 2.77. The number of nitrogens with zero attached hydrogens (tertiary/aromatic N) is 1. The summed E-state index contributed by atoms with van der Waals surface area (Å²) in [6, 6.07) is 0. The number of carbonyl (C=O) groups is 2. The van der Waals surface area contributed by atoms with E-state index in [-0.39, 0.29) is 18.0 Å². The minimum absolute atomic E-state index is 0.0230. The molecule has 1 amide bonds. The van der Waals surface area contributed by atoms with Gasteiger partial charge >= 0.3 is 5.97 Å². The molecule has 0 bridgehead atoms. The molecule has 108 valence electrons. The molecule has 1 atom stereocenters. The quantitative estimate of drug-likeness (QED) is 0.760. The van der Waals surface area contributed by atoms with Gasteiger partial charge in [0.15, 0.2) is 5.71 Å². The van der Waals surface area contributed by atoms with E-state index in [1.165, 1.54) is 0 Å². The van der Waals surface area contributed by atoms with E-state index >= 15 is 0 Å². The molecule has 0 aromatic carbocycles. The third kappa shape index (κ3) is 4.22. The van der Waals surface area contributed by atoms with Gasteiger partial charge < -0.3 is 15.3 Å². The lowest BCUT2D eigenvalue weighted by atomic mass is 9.85. The Morgan fingerprint density at radius 2 is 1.95 bits per heavy atom. The highest BCUT2D eigenvalue weighted by Gasteiger charge is 2.32. The molecular formula is C13H22N2O4. The van der Waals surface area contributed by atoms with Crippen molar-refractivity contribution in [2.24, 2.45) is 22.9 Å². The highest BCUT2D eigenvalue weighted by Crippen LogP contribution is 2.19. The zero-order chi connectivity index (χ0) is 14.6. The first kappa shape index (κ1) is 15.5. The van der Waals surface area contributed by atoms with Crippen LogP contribution in [0, 0.1) is 17.8 Å². The molecule has 0 spiro atoms. The molecule has 0 saturated carbocycles. The van der Waals surface area contributed by atoms with Crippen molar-refractivity contribution < 1.29 is 19.5 Å². The Bertz CT molecular complexity index is 369. The molecule has 0 aromatic heterocycles. The van der Waals surface area contributed by atoms with E-state index in [1.54, 1.807) is 0 Å². The third-order valence-corrected chi connectivity index (χ3v) is 3.43. The molecule has 19 heavy (non-hydrogen) atoms. The van der Waals surface area contributed by atoms with Crippen molar-refractivity contribution in [3.8, 4) is 0 Å². The molecule has 2 N–H and O–H groups in total.